The van der Waals surface area contributed by atoms with E-state index in [4.69, 9.17) is 4.74 Å². The Balaban J connectivity index is 1.64. The fourth-order valence-electron chi connectivity index (χ4n) is 6.07. The van der Waals surface area contributed by atoms with Gasteiger partial charge in [-0.15, -0.1) is 0 Å². The second-order valence-corrected chi connectivity index (χ2v) is 10.2. The van der Waals surface area contributed by atoms with Crippen LogP contribution in [0.1, 0.15) is 30.0 Å². The number of methoxy groups -OCH3 is 1. The van der Waals surface area contributed by atoms with Crippen LogP contribution in [-0.4, -0.2) is 35.2 Å². The second-order valence-electron chi connectivity index (χ2n) is 10.2. The summed E-state index contributed by atoms with van der Waals surface area (Å²) in [6.45, 7) is 1.91. The number of anilines is 3. The van der Waals surface area contributed by atoms with Gasteiger partial charge in [0.2, 0.25) is 5.91 Å². The quantitative estimate of drug-likeness (QED) is 0.286. The lowest BCUT2D eigenvalue weighted by Crippen LogP contribution is -2.53. The first-order chi connectivity index (χ1) is 19.6. The molecule has 210 valence electrons. The van der Waals surface area contributed by atoms with Gasteiger partial charge in [-0.2, -0.15) is 18.3 Å². The highest BCUT2D eigenvalue weighted by atomic mass is 19.4. The lowest BCUT2D eigenvalue weighted by molar-refractivity contribution is -0.138. The highest BCUT2D eigenvalue weighted by molar-refractivity contribution is 6.27. The molecular formula is C31H27F3N4O3. The Morgan fingerprint density at radius 3 is 2.39 bits per heavy atom. The molecule has 2 heterocycles. The number of benzene rings is 3. The summed E-state index contributed by atoms with van der Waals surface area (Å²) in [5.74, 6) is -0.482. The maximum Gasteiger partial charge on any atom is 0.416 e. The minimum atomic E-state index is -4.64. The topological polar surface area (TPSA) is 67.7 Å². The average Bonchev–Trinajstić information content (AvgIpc) is 3.55. The zero-order valence-corrected chi connectivity index (χ0v) is 22.7. The van der Waals surface area contributed by atoms with E-state index < -0.39 is 29.0 Å². The van der Waals surface area contributed by atoms with Crippen LogP contribution in [0.2, 0.25) is 0 Å². The van der Waals surface area contributed by atoms with Crippen molar-refractivity contribution in [2.45, 2.75) is 31.4 Å². The molecule has 4 aromatic rings. The number of para-hydroxylation sites is 1. The number of fused-ring (bicyclic) bond motifs is 3. The maximum absolute atomic E-state index is 14.9. The smallest absolute Gasteiger partial charge is 0.416 e. The van der Waals surface area contributed by atoms with Crippen LogP contribution in [0.3, 0.4) is 0 Å². The summed E-state index contributed by atoms with van der Waals surface area (Å²) in [4.78, 5) is 32.2. The predicted molar refractivity (Wildman–Crippen MR) is 148 cm³/mol. The number of hydrogen-bond acceptors (Lipinski definition) is 4. The molecule has 1 aliphatic heterocycles. The predicted octanol–water partition coefficient (Wildman–Crippen LogP) is 6.03. The van der Waals surface area contributed by atoms with Gasteiger partial charge in [-0.3, -0.25) is 19.2 Å². The van der Waals surface area contributed by atoms with Crippen LogP contribution in [0.15, 0.2) is 73.1 Å². The molecule has 2 aliphatic rings. The van der Waals surface area contributed by atoms with Gasteiger partial charge in [-0.25, -0.2) is 0 Å². The standard InChI is InChI=1S/C31H27F3N4O3/c1-4-37-25-11-10-21(31(32,33)34)15-26(25)38(22-8-6-5-7-9-22)29(40)30(28(37)39)13-12-19-14-27(41-3)23(16-24(19)30)20-17-35-36(2)18-20/h5-11,14-18H,4,12-13H2,1-3H3. The molecule has 0 saturated heterocycles. The highest BCUT2D eigenvalue weighted by Gasteiger charge is 2.58. The van der Waals surface area contributed by atoms with Crippen LogP contribution in [0, 0.1) is 0 Å². The minimum absolute atomic E-state index is 0.0116. The van der Waals surface area contributed by atoms with Gasteiger partial charge in [-0.05, 0) is 73.4 Å². The van der Waals surface area contributed by atoms with Crippen molar-refractivity contribution in [2.75, 3.05) is 23.5 Å². The molecule has 6 rings (SSSR count). The van der Waals surface area contributed by atoms with Crippen molar-refractivity contribution in [3.63, 3.8) is 0 Å². The molecular weight excluding hydrogens is 533 g/mol. The van der Waals surface area contributed by atoms with Gasteiger partial charge in [0, 0.05) is 36.6 Å². The number of aromatic nitrogens is 2. The van der Waals surface area contributed by atoms with E-state index in [1.165, 1.54) is 15.9 Å². The van der Waals surface area contributed by atoms with Crippen molar-refractivity contribution in [1.82, 2.24) is 9.78 Å². The summed E-state index contributed by atoms with van der Waals surface area (Å²) >= 11 is 0. The highest BCUT2D eigenvalue weighted by Crippen LogP contribution is 2.52. The van der Waals surface area contributed by atoms with Gasteiger partial charge in [-0.1, -0.05) is 18.2 Å². The van der Waals surface area contributed by atoms with Crippen molar-refractivity contribution in [2.24, 2.45) is 7.05 Å². The molecule has 41 heavy (non-hydrogen) atoms. The van der Waals surface area contributed by atoms with Gasteiger partial charge in [0.15, 0.2) is 5.41 Å². The molecule has 7 nitrogen and oxygen atoms in total. The van der Waals surface area contributed by atoms with Crippen LogP contribution in [-0.2, 0) is 34.6 Å². The molecule has 2 amide bonds. The molecule has 0 radical (unpaired) electrons. The average molecular weight is 561 g/mol. The van der Waals surface area contributed by atoms with Crippen LogP contribution in [0.5, 0.6) is 5.75 Å². The Hall–Kier alpha value is -4.60. The SMILES string of the molecule is CCN1C(=O)C2(CCc3cc(OC)c(-c4cnn(C)c4)cc32)C(=O)N(c2ccccc2)c2cc(C(F)(F)F)ccc21. The van der Waals surface area contributed by atoms with Gasteiger partial charge in [0.1, 0.15) is 5.75 Å². The number of aryl methyl sites for hydroxylation is 2. The van der Waals surface area contributed by atoms with Crippen molar-refractivity contribution in [1.29, 1.82) is 0 Å². The van der Waals surface area contributed by atoms with Crippen LogP contribution in [0.25, 0.3) is 11.1 Å². The summed E-state index contributed by atoms with van der Waals surface area (Å²) in [5.41, 5.74) is 0.772. The van der Waals surface area contributed by atoms with Gasteiger partial charge in [0.05, 0.1) is 30.2 Å². The first-order valence-corrected chi connectivity index (χ1v) is 13.2. The van der Waals surface area contributed by atoms with Crippen molar-refractivity contribution in [3.05, 3.63) is 89.7 Å². The van der Waals surface area contributed by atoms with E-state index in [9.17, 15) is 22.8 Å². The van der Waals surface area contributed by atoms with E-state index in [2.05, 4.69) is 5.10 Å². The monoisotopic (exact) mass is 560 g/mol. The molecule has 1 atom stereocenters. The first kappa shape index (κ1) is 26.6. The van der Waals surface area contributed by atoms with Crippen LogP contribution >= 0.6 is 0 Å². The Morgan fingerprint density at radius 1 is 1.00 bits per heavy atom. The Bertz CT molecular complexity index is 1680. The number of alkyl halides is 3. The fourth-order valence-corrected chi connectivity index (χ4v) is 6.07. The zero-order valence-electron chi connectivity index (χ0n) is 22.7. The van der Waals surface area contributed by atoms with Gasteiger partial charge >= 0.3 is 6.18 Å². The van der Waals surface area contributed by atoms with Crippen LogP contribution in [0.4, 0.5) is 30.2 Å². The summed E-state index contributed by atoms with van der Waals surface area (Å²) in [6, 6.07) is 15.3. The van der Waals surface area contributed by atoms with E-state index >= 15 is 0 Å². The maximum atomic E-state index is 14.9. The number of likely N-dealkylation sites (N-methyl/N-ethyl adjacent to an activating group) is 1. The molecule has 3 aromatic carbocycles. The molecule has 0 fully saturated rings. The molecule has 0 bridgehead atoms. The number of nitrogens with zero attached hydrogens (tertiary/aromatic N) is 4. The molecule has 1 unspecified atom stereocenters. The largest absolute Gasteiger partial charge is 0.496 e. The number of ether oxygens (including phenoxy) is 1. The first-order valence-electron chi connectivity index (χ1n) is 13.2. The van der Waals surface area contributed by atoms with E-state index in [1.54, 1.807) is 62.3 Å². The lowest BCUT2D eigenvalue weighted by Gasteiger charge is -2.33. The third kappa shape index (κ3) is 4.00. The van der Waals surface area contributed by atoms with E-state index in [-0.39, 0.29) is 24.3 Å². The number of carbonyl (C=O) groups excluding carboxylic acids is 2. The Kier molecular flexibility index (Phi) is 6.17. The van der Waals surface area contributed by atoms with Crippen LogP contribution < -0.4 is 14.5 Å². The molecule has 1 spiro atoms. The van der Waals surface area contributed by atoms with Gasteiger partial charge < -0.3 is 9.64 Å². The summed E-state index contributed by atoms with van der Waals surface area (Å²) < 4.78 is 49.1. The number of hydrogen-bond donors (Lipinski definition) is 0. The van der Waals surface area contributed by atoms with Crippen molar-refractivity contribution >= 4 is 28.9 Å². The number of amides is 2. The molecule has 1 aliphatic carbocycles. The molecule has 0 saturated carbocycles. The van der Waals surface area contributed by atoms with E-state index in [0.717, 1.165) is 23.3 Å². The van der Waals surface area contributed by atoms with Crippen molar-refractivity contribution < 1.29 is 27.5 Å². The summed E-state index contributed by atoms with van der Waals surface area (Å²) in [6.07, 6.45) is -0.571. The molecule has 10 heteroatoms. The zero-order chi connectivity index (χ0) is 29.1. The normalized spacial score (nSPS) is 18.5. The number of carbonyl (C=O) groups is 2. The Labute approximate surface area is 234 Å². The molecule has 1 aromatic heterocycles. The molecule has 0 N–H and O–H groups in total. The second kappa shape index (κ2) is 9.50. The fraction of sp³-hybridized carbons (Fsp3) is 0.258. The van der Waals surface area contributed by atoms with E-state index in [1.807, 2.05) is 18.3 Å². The summed E-state index contributed by atoms with van der Waals surface area (Å²) in [5, 5.41) is 4.26. The van der Waals surface area contributed by atoms with Crippen molar-refractivity contribution in [3.8, 4) is 16.9 Å². The summed E-state index contributed by atoms with van der Waals surface area (Å²) in [7, 11) is 3.34. The number of halogens is 3. The lowest BCUT2D eigenvalue weighted by atomic mass is 9.78. The third-order valence-electron chi connectivity index (χ3n) is 8.01. The number of rotatable bonds is 4. The Morgan fingerprint density at radius 2 is 1.76 bits per heavy atom. The van der Waals surface area contributed by atoms with E-state index in [0.29, 0.717) is 29.0 Å². The van der Waals surface area contributed by atoms with Gasteiger partial charge in [0.25, 0.3) is 5.91 Å². The minimum Gasteiger partial charge on any atom is -0.496 e. The third-order valence-corrected chi connectivity index (χ3v) is 8.01.